The largest absolute Gasteiger partial charge is 0.396 e. The van der Waals surface area contributed by atoms with E-state index in [0.29, 0.717) is 32.4 Å². The molecule has 0 spiro atoms. The second-order valence-electron chi connectivity index (χ2n) is 3.71. The molecule has 1 N–H and O–H groups in total. The van der Waals surface area contributed by atoms with Crippen LogP contribution < -0.4 is 0 Å². The molecule has 0 unspecified atom stereocenters. The molecular weight excluding hydrogens is 218 g/mol. The summed E-state index contributed by atoms with van der Waals surface area (Å²) in [7, 11) is -2.91. The van der Waals surface area contributed by atoms with E-state index in [2.05, 4.69) is 0 Å². The predicted molar refractivity (Wildman–Crippen MR) is 56.2 cm³/mol. The van der Waals surface area contributed by atoms with E-state index in [1.807, 2.05) is 0 Å². The molecule has 1 heterocycles. The molecular formula is C9H17NO4S. The number of aliphatic hydroxyl groups excluding tert-OH is 1. The van der Waals surface area contributed by atoms with Crippen molar-refractivity contribution >= 4 is 15.7 Å². The summed E-state index contributed by atoms with van der Waals surface area (Å²) >= 11 is 0. The smallest absolute Gasteiger partial charge is 0.222 e. The van der Waals surface area contributed by atoms with Crippen LogP contribution in [0.25, 0.3) is 0 Å². The quantitative estimate of drug-likeness (QED) is 0.661. The van der Waals surface area contributed by atoms with E-state index in [0.717, 1.165) is 0 Å². The number of unbranched alkanes of at least 4 members (excludes halogenated alkanes) is 1. The molecule has 0 atom stereocenters. The van der Waals surface area contributed by atoms with Gasteiger partial charge in [-0.2, -0.15) is 0 Å². The number of rotatable bonds is 4. The molecule has 1 aliphatic rings. The fourth-order valence-electron chi connectivity index (χ4n) is 1.51. The minimum atomic E-state index is -2.91. The molecule has 0 bridgehead atoms. The fraction of sp³-hybridized carbons (Fsp3) is 0.889. The lowest BCUT2D eigenvalue weighted by molar-refractivity contribution is -0.131. The molecule has 5 nitrogen and oxygen atoms in total. The van der Waals surface area contributed by atoms with Crippen LogP contribution in [-0.4, -0.2) is 55.5 Å². The van der Waals surface area contributed by atoms with Gasteiger partial charge in [-0.05, 0) is 12.8 Å². The molecule has 0 aromatic rings. The highest BCUT2D eigenvalue weighted by Crippen LogP contribution is 2.07. The summed E-state index contributed by atoms with van der Waals surface area (Å²) in [6, 6.07) is 0. The maximum absolute atomic E-state index is 11.5. The molecule has 0 aromatic carbocycles. The summed E-state index contributed by atoms with van der Waals surface area (Å²) in [6.07, 6.45) is 1.69. The summed E-state index contributed by atoms with van der Waals surface area (Å²) in [5, 5.41) is 8.55. The number of amides is 1. The lowest BCUT2D eigenvalue weighted by Crippen LogP contribution is -2.43. The Morgan fingerprint density at radius 1 is 1.20 bits per heavy atom. The third-order valence-corrected chi connectivity index (χ3v) is 4.11. The highest BCUT2D eigenvalue weighted by molar-refractivity contribution is 7.91. The van der Waals surface area contributed by atoms with Crippen molar-refractivity contribution < 1.29 is 18.3 Å². The lowest BCUT2D eigenvalue weighted by atomic mass is 10.2. The number of nitrogens with zero attached hydrogens (tertiary/aromatic N) is 1. The van der Waals surface area contributed by atoms with Crippen molar-refractivity contribution in [2.75, 3.05) is 31.2 Å². The van der Waals surface area contributed by atoms with Gasteiger partial charge in [0.2, 0.25) is 5.91 Å². The maximum Gasteiger partial charge on any atom is 0.222 e. The van der Waals surface area contributed by atoms with Gasteiger partial charge in [0, 0.05) is 26.1 Å². The van der Waals surface area contributed by atoms with Gasteiger partial charge in [0.15, 0.2) is 9.84 Å². The van der Waals surface area contributed by atoms with Crippen molar-refractivity contribution in [2.24, 2.45) is 0 Å². The molecule has 1 rings (SSSR count). The third-order valence-electron chi connectivity index (χ3n) is 2.50. The Bertz CT molecular complexity index is 298. The van der Waals surface area contributed by atoms with Gasteiger partial charge in [-0.25, -0.2) is 8.42 Å². The molecule has 0 saturated carbocycles. The summed E-state index contributed by atoms with van der Waals surface area (Å²) in [6.45, 7) is 0.738. The van der Waals surface area contributed by atoms with Crippen LogP contribution in [0.2, 0.25) is 0 Å². The van der Waals surface area contributed by atoms with Crippen molar-refractivity contribution in [3.8, 4) is 0 Å². The SMILES string of the molecule is O=C(CCCCO)N1CCS(=O)(=O)CC1. The summed E-state index contributed by atoms with van der Waals surface area (Å²) in [4.78, 5) is 13.1. The Morgan fingerprint density at radius 2 is 1.80 bits per heavy atom. The van der Waals surface area contributed by atoms with Gasteiger partial charge in [0.05, 0.1) is 11.5 Å². The van der Waals surface area contributed by atoms with E-state index in [1.54, 1.807) is 4.90 Å². The van der Waals surface area contributed by atoms with Crippen molar-refractivity contribution in [1.82, 2.24) is 4.90 Å². The third kappa shape index (κ3) is 4.17. The van der Waals surface area contributed by atoms with E-state index < -0.39 is 9.84 Å². The summed E-state index contributed by atoms with van der Waals surface area (Å²) in [5.41, 5.74) is 0. The zero-order valence-corrected chi connectivity index (χ0v) is 9.50. The first kappa shape index (κ1) is 12.4. The first-order chi connectivity index (χ1) is 7.05. The van der Waals surface area contributed by atoms with E-state index >= 15 is 0 Å². The van der Waals surface area contributed by atoms with Crippen LogP contribution in [0.4, 0.5) is 0 Å². The highest BCUT2D eigenvalue weighted by atomic mass is 32.2. The van der Waals surface area contributed by atoms with Gasteiger partial charge in [0.1, 0.15) is 0 Å². The van der Waals surface area contributed by atoms with Gasteiger partial charge in [0.25, 0.3) is 0 Å². The molecule has 0 aliphatic carbocycles. The number of carbonyl (C=O) groups is 1. The van der Waals surface area contributed by atoms with Gasteiger partial charge in [-0.15, -0.1) is 0 Å². The predicted octanol–water partition coefficient (Wildman–Crippen LogP) is -0.594. The maximum atomic E-state index is 11.5. The number of sulfone groups is 1. The van der Waals surface area contributed by atoms with Crippen molar-refractivity contribution in [2.45, 2.75) is 19.3 Å². The molecule has 0 aromatic heterocycles. The van der Waals surface area contributed by atoms with Crippen molar-refractivity contribution in [1.29, 1.82) is 0 Å². The van der Waals surface area contributed by atoms with E-state index in [-0.39, 0.29) is 24.0 Å². The van der Waals surface area contributed by atoms with Crippen LogP contribution in [-0.2, 0) is 14.6 Å². The Morgan fingerprint density at radius 3 is 2.33 bits per heavy atom. The number of hydrogen-bond acceptors (Lipinski definition) is 4. The Balaban J connectivity index is 2.30. The van der Waals surface area contributed by atoms with E-state index in [1.165, 1.54) is 0 Å². The number of carbonyl (C=O) groups excluding carboxylic acids is 1. The standard InChI is InChI=1S/C9H17NO4S/c11-6-2-1-3-9(12)10-4-7-15(13,14)8-5-10/h11H,1-8H2. The van der Waals surface area contributed by atoms with Gasteiger partial charge in [-0.1, -0.05) is 0 Å². The zero-order valence-electron chi connectivity index (χ0n) is 8.68. The Labute approximate surface area is 90.0 Å². The van der Waals surface area contributed by atoms with E-state index in [9.17, 15) is 13.2 Å². The monoisotopic (exact) mass is 235 g/mol. The van der Waals surface area contributed by atoms with Crippen LogP contribution in [0.5, 0.6) is 0 Å². The Kier molecular flexibility index (Phi) is 4.53. The molecule has 88 valence electrons. The summed E-state index contributed by atoms with van der Waals surface area (Å²) in [5.74, 6) is 0.163. The van der Waals surface area contributed by atoms with Crippen LogP contribution in [0.3, 0.4) is 0 Å². The van der Waals surface area contributed by atoms with Gasteiger partial charge in [-0.3, -0.25) is 4.79 Å². The second kappa shape index (κ2) is 5.46. The number of hydrogen-bond donors (Lipinski definition) is 1. The molecule has 15 heavy (non-hydrogen) atoms. The van der Waals surface area contributed by atoms with Crippen LogP contribution >= 0.6 is 0 Å². The zero-order chi connectivity index (χ0) is 11.3. The molecule has 1 amide bonds. The van der Waals surface area contributed by atoms with Crippen LogP contribution in [0, 0.1) is 0 Å². The van der Waals surface area contributed by atoms with Crippen LogP contribution in [0.1, 0.15) is 19.3 Å². The summed E-state index contributed by atoms with van der Waals surface area (Å²) < 4.78 is 22.2. The average molecular weight is 235 g/mol. The second-order valence-corrected chi connectivity index (χ2v) is 6.02. The first-order valence-corrected chi connectivity index (χ1v) is 6.96. The van der Waals surface area contributed by atoms with Gasteiger partial charge < -0.3 is 10.0 Å². The normalized spacial score (nSPS) is 20.2. The highest BCUT2D eigenvalue weighted by Gasteiger charge is 2.24. The minimum absolute atomic E-state index is 0.00153. The molecule has 1 fully saturated rings. The molecule has 1 saturated heterocycles. The molecule has 1 aliphatic heterocycles. The average Bonchev–Trinajstić information content (AvgIpc) is 2.18. The van der Waals surface area contributed by atoms with Crippen molar-refractivity contribution in [3.63, 3.8) is 0 Å². The van der Waals surface area contributed by atoms with Crippen LogP contribution in [0.15, 0.2) is 0 Å². The first-order valence-electron chi connectivity index (χ1n) is 5.14. The van der Waals surface area contributed by atoms with Gasteiger partial charge >= 0.3 is 0 Å². The minimum Gasteiger partial charge on any atom is -0.396 e. The molecule has 0 radical (unpaired) electrons. The topological polar surface area (TPSA) is 74.7 Å². The number of aliphatic hydroxyl groups is 1. The lowest BCUT2D eigenvalue weighted by Gasteiger charge is -2.26. The Hall–Kier alpha value is -0.620. The molecule has 6 heteroatoms. The fourth-order valence-corrected chi connectivity index (χ4v) is 2.71. The van der Waals surface area contributed by atoms with Crippen molar-refractivity contribution in [3.05, 3.63) is 0 Å². The van der Waals surface area contributed by atoms with E-state index in [4.69, 9.17) is 5.11 Å².